The Labute approximate surface area is 202 Å². The molecular formula is C25H27N5O3S. The maximum atomic E-state index is 13.7. The summed E-state index contributed by atoms with van der Waals surface area (Å²) in [5, 5.41) is 13.1. The number of aromatic nitrogens is 3. The van der Waals surface area contributed by atoms with Crippen molar-refractivity contribution in [3.63, 3.8) is 0 Å². The Morgan fingerprint density at radius 3 is 2.65 bits per heavy atom. The lowest BCUT2D eigenvalue weighted by Gasteiger charge is -2.30. The van der Waals surface area contributed by atoms with E-state index in [-0.39, 0.29) is 18.4 Å². The molecule has 2 amide bonds. The van der Waals surface area contributed by atoms with Gasteiger partial charge in [-0.15, -0.1) is 16.4 Å². The van der Waals surface area contributed by atoms with Crippen molar-refractivity contribution in [2.75, 3.05) is 26.8 Å². The second kappa shape index (κ2) is 11.5. The van der Waals surface area contributed by atoms with Crippen LogP contribution in [0.25, 0.3) is 11.0 Å². The number of hydrogen-bond donors (Lipinski definition) is 1. The van der Waals surface area contributed by atoms with Crippen molar-refractivity contribution >= 4 is 34.2 Å². The lowest BCUT2D eigenvalue weighted by Crippen LogP contribution is -2.46. The molecule has 34 heavy (non-hydrogen) atoms. The molecule has 2 aromatic carbocycles. The van der Waals surface area contributed by atoms with Gasteiger partial charge in [-0.1, -0.05) is 53.7 Å². The molecule has 1 atom stereocenters. The van der Waals surface area contributed by atoms with Gasteiger partial charge >= 0.3 is 0 Å². The highest BCUT2D eigenvalue weighted by Crippen LogP contribution is 2.27. The maximum absolute atomic E-state index is 13.7. The third-order valence-corrected chi connectivity index (χ3v) is 6.41. The molecule has 1 N–H and O–H groups in total. The number of rotatable bonds is 11. The van der Waals surface area contributed by atoms with Crippen LogP contribution in [0.5, 0.6) is 0 Å². The van der Waals surface area contributed by atoms with Crippen molar-refractivity contribution < 1.29 is 14.3 Å². The van der Waals surface area contributed by atoms with Gasteiger partial charge in [0.1, 0.15) is 18.1 Å². The van der Waals surface area contributed by atoms with Crippen molar-refractivity contribution in [2.24, 2.45) is 0 Å². The molecule has 0 fully saturated rings. The van der Waals surface area contributed by atoms with Crippen LogP contribution in [0.4, 0.5) is 0 Å². The van der Waals surface area contributed by atoms with E-state index in [0.29, 0.717) is 26.1 Å². The van der Waals surface area contributed by atoms with Crippen molar-refractivity contribution in [2.45, 2.75) is 19.0 Å². The number of ether oxygens (including phenoxy) is 1. The van der Waals surface area contributed by atoms with Gasteiger partial charge in [0.15, 0.2) is 0 Å². The Bertz CT molecular complexity index is 1210. The average Bonchev–Trinajstić information content (AvgIpc) is 3.53. The van der Waals surface area contributed by atoms with E-state index in [4.69, 9.17) is 4.74 Å². The standard InChI is InChI=1S/C25H27N5O3S/c1-33-16-14-26-25(32)24(22-12-7-17-34-22)29(15-13-19-8-3-2-4-9-19)23(31)18-30-21-11-6-5-10-20(21)27-28-30/h2-12,17,24H,13-16,18H2,1H3,(H,26,32)/t24-/m1/s1. The highest BCUT2D eigenvalue weighted by Gasteiger charge is 2.32. The van der Waals surface area contributed by atoms with E-state index < -0.39 is 6.04 Å². The normalized spacial score (nSPS) is 11.9. The minimum Gasteiger partial charge on any atom is -0.383 e. The fraction of sp³-hybridized carbons (Fsp3) is 0.280. The van der Waals surface area contributed by atoms with Gasteiger partial charge in [0.2, 0.25) is 11.8 Å². The summed E-state index contributed by atoms with van der Waals surface area (Å²) in [6.45, 7) is 1.13. The van der Waals surface area contributed by atoms with Crippen LogP contribution < -0.4 is 5.32 Å². The molecule has 0 unspecified atom stereocenters. The monoisotopic (exact) mass is 477 g/mol. The zero-order chi connectivity index (χ0) is 23.8. The van der Waals surface area contributed by atoms with Crippen LogP contribution in [0.3, 0.4) is 0 Å². The Kier molecular flexibility index (Phi) is 8.00. The van der Waals surface area contributed by atoms with E-state index in [0.717, 1.165) is 21.5 Å². The molecular weight excluding hydrogens is 450 g/mol. The largest absolute Gasteiger partial charge is 0.383 e. The first kappa shape index (κ1) is 23.6. The summed E-state index contributed by atoms with van der Waals surface area (Å²) < 4.78 is 6.66. The summed E-state index contributed by atoms with van der Waals surface area (Å²) in [6.07, 6.45) is 0.623. The van der Waals surface area contributed by atoms with Crippen LogP contribution in [0.15, 0.2) is 72.1 Å². The van der Waals surface area contributed by atoms with Crippen LogP contribution in [0.1, 0.15) is 16.5 Å². The molecule has 4 rings (SSSR count). The SMILES string of the molecule is COCCNC(=O)[C@@H](c1cccs1)N(CCc1ccccc1)C(=O)Cn1nnc2ccccc21. The number of carbonyl (C=O) groups is 2. The van der Waals surface area contributed by atoms with Crippen LogP contribution in [0, 0.1) is 0 Å². The van der Waals surface area contributed by atoms with Gasteiger partial charge in [-0.05, 0) is 35.6 Å². The summed E-state index contributed by atoms with van der Waals surface area (Å²) in [6, 6.07) is 20.5. The van der Waals surface area contributed by atoms with Gasteiger partial charge < -0.3 is 15.0 Å². The summed E-state index contributed by atoms with van der Waals surface area (Å²) in [5.41, 5.74) is 2.59. The lowest BCUT2D eigenvalue weighted by atomic mass is 10.1. The summed E-state index contributed by atoms with van der Waals surface area (Å²) in [4.78, 5) is 29.4. The molecule has 0 spiro atoms. The molecule has 2 heterocycles. The molecule has 0 aliphatic rings. The van der Waals surface area contributed by atoms with Crippen LogP contribution in [-0.2, 0) is 27.3 Å². The first-order chi connectivity index (χ1) is 16.7. The van der Waals surface area contributed by atoms with E-state index >= 15 is 0 Å². The molecule has 176 valence electrons. The topological polar surface area (TPSA) is 89.4 Å². The predicted octanol–water partition coefficient (Wildman–Crippen LogP) is 3.07. The first-order valence-corrected chi connectivity index (χ1v) is 12.0. The quantitative estimate of drug-likeness (QED) is 0.336. The van der Waals surface area contributed by atoms with Gasteiger partial charge in [0.25, 0.3) is 0 Å². The summed E-state index contributed by atoms with van der Waals surface area (Å²) in [7, 11) is 1.58. The number of fused-ring (bicyclic) bond motifs is 1. The van der Waals surface area contributed by atoms with Gasteiger partial charge in [-0.3, -0.25) is 9.59 Å². The zero-order valence-corrected chi connectivity index (χ0v) is 19.8. The van der Waals surface area contributed by atoms with E-state index in [9.17, 15) is 9.59 Å². The van der Waals surface area contributed by atoms with Crippen LogP contribution in [-0.4, -0.2) is 58.5 Å². The number of methoxy groups -OCH3 is 1. The van der Waals surface area contributed by atoms with Crippen molar-refractivity contribution in [3.05, 3.63) is 82.6 Å². The van der Waals surface area contributed by atoms with Crippen LogP contribution in [0.2, 0.25) is 0 Å². The number of carbonyl (C=O) groups excluding carboxylic acids is 2. The second-order valence-electron chi connectivity index (χ2n) is 7.76. The van der Waals surface area contributed by atoms with E-state index in [1.807, 2.05) is 72.1 Å². The third kappa shape index (κ3) is 5.67. The maximum Gasteiger partial charge on any atom is 0.248 e. The highest BCUT2D eigenvalue weighted by atomic mass is 32.1. The fourth-order valence-corrected chi connectivity index (χ4v) is 4.62. The first-order valence-electron chi connectivity index (χ1n) is 11.1. The molecule has 0 radical (unpaired) electrons. The van der Waals surface area contributed by atoms with E-state index in [1.54, 1.807) is 16.7 Å². The fourth-order valence-electron chi connectivity index (χ4n) is 3.79. The smallest absolute Gasteiger partial charge is 0.248 e. The van der Waals surface area contributed by atoms with Gasteiger partial charge in [-0.25, -0.2) is 4.68 Å². The molecule has 0 aliphatic heterocycles. The number of nitrogens with zero attached hydrogens (tertiary/aromatic N) is 4. The van der Waals surface area contributed by atoms with Crippen LogP contribution >= 0.6 is 11.3 Å². The molecule has 0 saturated heterocycles. The van der Waals surface area contributed by atoms with Gasteiger partial charge in [-0.2, -0.15) is 0 Å². The highest BCUT2D eigenvalue weighted by molar-refractivity contribution is 7.10. The predicted molar refractivity (Wildman–Crippen MR) is 131 cm³/mol. The van der Waals surface area contributed by atoms with Crippen molar-refractivity contribution in [3.8, 4) is 0 Å². The number of benzene rings is 2. The van der Waals surface area contributed by atoms with Crippen molar-refractivity contribution in [1.82, 2.24) is 25.2 Å². The number of thiophene rings is 1. The van der Waals surface area contributed by atoms with Gasteiger partial charge in [0.05, 0.1) is 12.1 Å². The summed E-state index contributed by atoms with van der Waals surface area (Å²) in [5.74, 6) is -0.434. The zero-order valence-electron chi connectivity index (χ0n) is 19.0. The van der Waals surface area contributed by atoms with Gasteiger partial charge in [0, 0.05) is 25.1 Å². The Morgan fingerprint density at radius 2 is 1.88 bits per heavy atom. The molecule has 0 aliphatic carbocycles. The van der Waals surface area contributed by atoms with E-state index in [2.05, 4.69) is 15.6 Å². The molecule has 0 saturated carbocycles. The molecule has 0 bridgehead atoms. The van der Waals surface area contributed by atoms with Crippen molar-refractivity contribution in [1.29, 1.82) is 0 Å². The second-order valence-corrected chi connectivity index (χ2v) is 8.74. The minimum absolute atomic E-state index is 0.0114. The lowest BCUT2D eigenvalue weighted by molar-refractivity contribution is -0.141. The third-order valence-electron chi connectivity index (χ3n) is 5.49. The molecule has 4 aromatic rings. The Hall–Kier alpha value is -3.56. The molecule has 8 nitrogen and oxygen atoms in total. The Morgan fingerprint density at radius 1 is 1.09 bits per heavy atom. The average molecular weight is 478 g/mol. The molecule has 9 heteroatoms. The minimum atomic E-state index is -0.747. The summed E-state index contributed by atoms with van der Waals surface area (Å²) >= 11 is 1.46. The number of hydrogen-bond acceptors (Lipinski definition) is 6. The number of amides is 2. The Balaban J connectivity index is 1.63. The number of para-hydroxylation sites is 1. The van der Waals surface area contributed by atoms with E-state index in [1.165, 1.54) is 11.3 Å². The number of nitrogens with one attached hydrogen (secondary N) is 1. The molecule has 2 aromatic heterocycles.